The third kappa shape index (κ3) is 3.16. The van der Waals surface area contributed by atoms with E-state index < -0.39 is 6.55 Å². The molecule has 0 aliphatic heterocycles. The minimum Gasteiger partial charge on any atom is -0.301 e. The van der Waals surface area contributed by atoms with E-state index in [1.807, 2.05) is 22.7 Å². The number of halogens is 2. The summed E-state index contributed by atoms with van der Waals surface area (Å²) in [6.45, 7) is -1.89. The highest BCUT2D eigenvalue weighted by molar-refractivity contribution is 7.71. The van der Waals surface area contributed by atoms with Crippen molar-refractivity contribution in [3.05, 3.63) is 40.7 Å². The van der Waals surface area contributed by atoms with Crippen LogP contribution in [-0.2, 0) is 13.2 Å². The van der Waals surface area contributed by atoms with Crippen LogP contribution >= 0.6 is 12.2 Å². The normalized spacial score (nSPS) is 17.3. The molecule has 0 spiro atoms. The second-order valence-corrected chi connectivity index (χ2v) is 8.20. The number of aromatic nitrogens is 5. The van der Waals surface area contributed by atoms with Gasteiger partial charge in [-0.1, -0.05) is 12.1 Å². The third-order valence-corrected chi connectivity index (χ3v) is 5.81. The summed E-state index contributed by atoms with van der Waals surface area (Å²) < 4.78 is 33.1. The van der Waals surface area contributed by atoms with Crippen LogP contribution in [0.4, 0.5) is 8.78 Å². The van der Waals surface area contributed by atoms with Gasteiger partial charge in [0.05, 0.1) is 24.2 Å². The summed E-state index contributed by atoms with van der Waals surface area (Å²) in [6.07, 6.45) is 4.67. The number of hydrogen-bond donors (Lipinski definition) is 0. The van der Waals surface area contributed by atoms with Crippen LogP contribution in [0.2, 0.25) is 0 Å². The largest absolute Gasteiger partial charge is 0.320 e. The van der Waals surface area contributed by atoms with Gasteiger partial charge in [0.25, 0.3) is 0 Å². The van der Waals surface area contributed by atoms with Crippen LogP contribution in [0.1, 0.15) is 55.8 Å². The Morgan fingerprint density at radius 3 is 2.64 bits per heavy atom. The first-order valence-electron chi connectivity index (χ1n) is 9.64. The number of imidazole rings is 1. The van der Waals surface area contributed by atoms with E-state index in [-0.39, 0.29) is 6.54 Å². The lowest BCUT2D eigenvalue weighted by Gasteiger charge is -2.17. The first kappa shape index (κ1) is 17.9. The van der Waals surface area contributed by atoms with Crippen molar-refractivity contribution in [1.82, 2.24) is 28.8 Å². The summed E-state index contributed by atoms with van der Waals surface area (Å²) in [5.41, 5.74) is 1.03. The summed E-state index contributed by atoms with van der Waals surface area (Å²) in [5.74, 6) is 1.96. The number of rotatable bonds is 7. The zero-order valence-corrected chi connectivity index (χ0v) is 16.4. The lowest BCUT2D eigenvalue weighted by atomic mass is 10.3. The first-order valence-corrected chi connectivity index (χ1v) is 10.1. The number of fused-ring (bicyclic) bond motifs is 1. The lowest BCUT2D eigenvalue weighted by Crippen LogP contribution is -2.24. The Balaban J connectivity index is 1.41. The van der Waals surface area contributed by atoms with Gasteiger partial charge >= 0.3 is 6.55 Å². The Labute approximate surface area is 166 Å². The molecule has 28 heavy (non-hydrogen) atoms. The van der Waals surface area contributed by atoms with Crippen molar-refractivity contribution < 1.29 is 8.78 Å². The fraction of sp³-hybridized carbons (Fsp3) is 0.526. The molecule has 3 aromatic rings. The van der Waals surface area contributed by atoms with Crippen LogP contribution in [-0.4, -0.2) is 35.8 Å². The van der Waals surface area contributed by atoms with Crippen molar-refractivity contribution in [3.63, 3.8) is 0 Å². The number of nitrogens with zero attached hydrogens (tertiary/aromatic N) is 6. The zero-order chi connectivity index (χ0) is 19.4. The average molecular weight is 404 g/mol. The molecule has 2 aromatic heterocycles. The molecule has 0 amide bonds. The Morgan fingerprint density at radius 1 is 1.21 bits per heavy atom. The van der Waals surface area contributed by atoms with E-state index in [0.29, 0.717) is 35.5 Å². The molecule has 2 saturated carbocycles. The van der Waals surface area contributed by atoms with Crippen LogP contribution in [0.5, 0.6) is 0 Å². The number of alkyl halides is 2. The highest BCUT2D eigenvalue weighted by Gasteiger charge is 2.35. The predicted molar refractivity (Wildman–Crippen MR) is 104 cm³/mol. The van der Waals surface area contributed by atoms with Gasteiger partial charge in [0.1, 0.15) is 11.6 Å². The molecule has 2 aliphatic carbocycles. The third-order valence-electron chi connectivity index (χ3n) is 5.40. The molecule has 0 atom stereocenters. The van der Waals surface area contributed by atoms with E-state index >= 15 is 0 Å². The SMILES string of the molecule is CN(Cc1nc2ccccc2n1C(F)F)Cn1nc(C2CC2)n(C2CC2)c1=S. The average Bonchev–Trinajstić information content (AvgIpc) is 3.57. The van der Waals surface area contributed by atoms with Gasteiger partial charge in [-0.05, 0) is 57.1 Å². The quantitative estimate of drug-likeness (QED) is 0.546. The van der Waals surface area contributed by atoms with Crippen molar-refractivity contribution in [2.45, 2.75) is 57.4 Å². The molecular formula is C19H22F2N6S. The van der Waals surface area contributed by atoms with Gasteiger partial charge in [0.2, 0.25) is 0 Å². The molecular weight excluding hydrogens is 382 g/mol. The minimum absolute atomic E-state index is 0.288. The standard InChI is InChI=1S/C19H22F2N6S/c1-24(10-16-22-14-4-2-3-5-15(14)27(16)18(20)21)11-25-19(28)26(13-8-9-13)17(23-25)12-6-7-12/h2-5,12-13,18H,6-11H2,1H3. The first-order chi connectivity index (χ1) is 13.5. The van der Waals surface area contributed by atoms with E-state index in [1.165, 1.54) is 12.8 Å². The van der Waals surface area contributed by atoms with E-state index in [2.05, 4.69) is 9.55 Å². The lowest BCUT2D eigenvalue weighted by molar-refractivity contribution is 0.0681. The van der Waals surface area contributed by atoms with Crippen LogP contribution in [0.3, 0.4) is 0 Å². The highest BCUT2D eigenvalue weighted by atomic mass is 32.1. The Morgan fingerprint density at radius 2 is 1.96 bits per heavy atom. The maximum atomic E-state index is 13.6. The van der Waals surface area contributed by atoms with E-state index in [1.54, 1.807) is 18.2 Å². The zero-order valence-electron chi connectivity index (χ0n) is 15.6. The molecule has 0 radical (unpaired) electrons. The maximum Gasteiger partial charge on any atom is 0.320 e. The van der Waals surface area contributed by atoms with E-state index in [9.17, 15) is 8.78 Å². The van der Waals surface area contributed by atoms with Gasteiger partial charge < -0.3 is 4.57 Å². The van der Waals surface area contributed by atoms with Crippen LogP contribution in [0.25, 0.3) is 11.0 Å². The molecule has 2 aliphatic rings. The van der Waals surface area contributed by atoms with Gasteiger partial charge in [-0.3, -0.25) is 9.47 Å². The summed E-state index contributed by atoms with van der Waals surface area (Å²) in [6, 6.07) is 7.48. The van der Waals surface area contributed by atoms with Crippen LogP contribution < -0.4 is 0 Å². The highest BCUT2D eigenvalue weighted by Crippen LogP contribution is 2.44. The molecule has 148 valence electrons. The summed E-state index contributed by atoms with van der Waals surface area (Å²) >= 11 is 5.67. The molecule has 0 bridgehead atoms. The Kier molecular flexibility index (Phi) is 4.31. The monoisotopic (exact) mass is 404 g/mol. The summed E-state index contributed by atoms with van der Waals surface area (Å²) in [7, 11) is 1.88. The van der Waals surface area contributed by atoms with Crippen molar-refractivity contribution in [3.8, 4) is 0 Å². The van der Waals surface area contributed by atoms with E-state index in [4.69, 9.17) is 17.3 Å². The maximum absolute atomic E-state index is 13.6. The number of para-hydroxylation sites is 2. The van der Waals surface area contributed by atoms with Crippen LogP contribution in [0.15, 0.2) is 24.3 Å². The van der Waals surface area contributed by atoms with Crippen molar-refractivity contribution >= 4 is 23.3 Å². The second-order valence-electron chi connectivity index (χ2n) is 7.84. The number of hydrogen-bond acceptors (Lipinski definition) is 4. The second kappa shape index (κ2) is 6.73. The van der Waals surface area contributed by atoms with Gasteiger partial charge in [-0.25, -0.2) is 9.67 Å². The minimum atomic E-state index is -2.63. The molecule has 0 N–H and O–H groups in total. The van der Waals surface area contributed by atoms with E-state index in [0.717, 1.165) is 28.0 Å². The molecule has 6 nitrogen and oxygen atoms in total. The van der Waals surface area contributed by atoms with Gasteiger partial charge in [-0.15, -0.1) is 0 Å². The van der Waals surface area contributed by atoms with Crippen molar-refractivity contribution in [1.29, 1.82) is 0 Å². The van der Waals surface area contributed by atoms with Crippen molar-refractivity contribution in [2.75, 3.05) is 7.05 Å². The molecule has 2 fully saturated rings. The summed E-state index contributed by atoms with van der Waals surface area (Å²) in [5, 5.41) is 4.77. The molecule has 1 aromatic carbocycles. The molecule has 9 heteroatoms. The molecule has 2 heterocycles. The fourth-order valence-corrected chi connectivity index (χ4v) is 4.11. The molecule has 0 saturated heterocycles. The summed E-state index contributed by atoms with van der Waals surface area (Å²) in [4.78, 5) is 6.34. The Hall–Kier alpha value is -2.13. The fourth-order valence-electron chi connectivity index (χ4n) is 3.77. The molecule has 0 unspecified atom stereocenters. The van der Waals surface area contributed by atoms with Crippen LogP contribution in [0, 0.1) is 4.77 Å². The predicted octanol–water partition coefficient (Wildman–Crippen LogP) is 4.46. The van der Waals surface area contributed by atoms with Crippen molar-refractivity contribution in [2.24, 2.45) is 0 Å². The van der Waals surface area contributed by atoms with Gasteiger partial charge in [0, 0.05) is 12.0 Å². The van der Waals surface area contributed by atoms with Gasteiger partial charge in [-0.2, -0.15) is 13.9 Å². The van der Waals surface area contributed by atoms with Gasteiger partial charge in [0.15, 0.2) is 4.77 Å². The topological polar surface area (TPSA) is 43.8 Å². The molecule has 5 rings (SSSR count). The smallest absolute Gasteiger partial charge is 0.301 e. The number of benzene rings is 1. The Bertz CT molecular complexity index is 1080.